The van der Waals surface area contributed by atoms with E-state index in [9.17, 15) is 18.9 Å². The molecule has 0 rings (SSSR count). The normalized spacial score (nSPS) is 11.5. The summed E-state index contributed by atoms with van der Waals surface area (Å²) in [6.07, 6.45) is -1.08. The fourth-order valence-corrected chi connectivity index (χ4v) is 2.48. The summed E-state index contributed by atoms with van der Waals surface area (Å²) in [6.45, 7) is 6.47. The lowest BCUT2D eigenvalue weighted by atomic mass is 10.4. The van der Waals surface area contributed by atoms with Gasteiger partial charge in [0.15, 0.2) is 0 Å². The number of hydrogen-bond donors (Lipinski definition) is 0. The second-order valence-corrected chi connectivity index (χ2v) is 8.78. The van der Waals surface area contributed by atoms with Crippen LogP contribution in [0.2, 0.25) is 0 Å². The maximum Gasteiger partial charge on any atom is 0.413 e. The Hall–Kier alpha value is -1.56. The molecule has 0 heterocycles. The third-order valence-electron chi connectivity index (χ3n) is 2.04. The molecule has 122 valence electrons. The number of amides is 1. The average Bonchev–Trinajstić information content (AvgIpc) is 2.23. The molecule has 1 amide bonds. The average molecular weight is 323 g/mol. The first kappa shape index (κ1) is 19.4. The molecule has 0 fully saturated rings. The summed E-state index contributed by atoms with van der Waals surface area (Å²) in [4.78, 5) is 35.2. The minimum Gasteiger partial charge on any atom is -0.468 e. The molecule has 0 aromatic heterocycles. The molecule has 0 aliphatic heterocycles. The van der Waals surface area contributed by atoms with Crippen molar-refractivity contribution in [3.63, 3.8) is 0 Å². The van der Waals surface area contributed by atoms with Gasteiger partial charge >= 0.3 is 18.0 Å². The first-order chi connectivity index (χ1) is 9.36. The zero-order valence-electron chi connectivity index (χ0n) is 13.2. The number of rotatable bonds is 6. The van der Waals surface area contributed by atoms with Gasteiger partial charge in [-0.15, -0.1) is 0 Å². The summed E-state index contributed by atoms with van der Waals surface area (Å²) in [7, 11) is -1.45. The van der Waals surface area contributed by atoms with Crippen LogP contribution in [-0.2, 0) is 28.4 Å². The van der Waals surface area contributed by atoms with E-state index < -0.39 is 37.5 Å². The van der Waals surface area contributed by atoms with E-state index >= 15 is 0 Å². The zero-order valence-corrected chi connectivity index (χ0v) is 14.1. The van der Waals surface area contributed by atoms with Crippen molar-refractivity contribution in [2.45, 2.75) is 26.6 Å². The van der Waals surface area contributed by atoms with Gasteiger partial charge < -0.3 is 18.8 Å². The van der Waals surface area contributed by atoms with E-state index in [4.69, 9.17) is 9.47 Å². The maximum absolute atomic E-state index is 12.1. The van der Waals surface area contributed by atoms with E-state index in [2.05, 4.69) is 4.74 Å². The van der Waals surface area contributed by atoms with Gasteiger partial charge in [-0.2, -0.15) is 0 Å². The Labute approximate surface area is 124 Å². The Morgan fingerprint density at radius 3 is 2.05 bits per heavy atom. The molecular formula is C12H22NO7P. The van der Waals surface area contributed by atoms with Crippen molar-refractivity contribution < 1.29 is 33.2 Å². The summed E-state index contributed by atoms with van der Waals surface area (Å²) in [6, 6.07) is 0. The van der Waals surface area contributed by atoms with Crippen molar-refractivity contribution in [3.05, 3.63) is 0 Å². The first-order valence-electron chi connectivity index (χ1n) is 6.14. The van der Waals surface area contributed by atoms with Crippen molar-refractivity contribution >= 4 is 25.2 Å². The van der Waals surface area contributed by atoms with E-state index in [0.717, 1.165) is 4.90 Å². The third-order valence-corrected chi connectivity index (χ3v) is 3.06. The lowest BCUT2D eigenvalue weighted by Crippen LogP contribution is -2.43. The third kappa shape index (κ3) is 9.07. The number of carbonyl (C=O) groups excluding carboxylic acids is 3. The second kappa shape index (κ2) is 7.45. The molecule has 0 aromatic rings. The van der Waals surface area contributed by atoms with Crippen molar-refractivity contribution in [1.82, 2.24) is 4.90 Å². The SMILES string of the molecule is COC(=O)CN(CP(C)(C)=O)C(=O)OC(C)(C)OC(C)=O. The first-order valence-corrected chi connectivity index (χ1v) is 8.93. The summed E-state index contributed by atoms with van der Waals surface area (Å²) in [5, 5.41) is 0. The molecule has 8 nitrogen and oxygen atoms in total. The van der Waals surface area contributed by atoms with Crippen molar-refractivity contribution in [1.29, 1.82) is 0 Å². The molecule has 0 atom stereocenters. The highest BCUT2D eigenvalue weighted by Gasteiger charge is 2.31. The highest BCUT2D eigenvalue weighted by atomic mass is 31.2. The van der Waals surface area contributed by atoms with Crippen LogP contribution < -0.4 is 0 Å². The summed E-state index contributed by atoms with van der Waals surface area (Å²) in [5.41, 5.74) is 0. The van der Waals surface area contributed by atoms with Crippen LogP contribution in [0.15, 0.2) is 0 Å². The Bertz CT molecular complexity index is 455. The molecule has 0 saturated carbocycles. The number of methoxy groups -OCH3 is 1. The highest BCUT2D eigenvalue weighted by molar-refractivity contribution is 7.62. The second-order valence-electron chi connectivity index (χ2n) is 5.35. The standard InChI is InChI=1S/C12H22NO7P/c1-9(14)19-12(2,3)20-11(16)13(7-10(15)18-4)8-21(5,6)17/h7-8H2,1-6H3. The van der Waals surface area contributed by atoms with Crippen LogP contribution in [-0.4, -0.2) is 62.0 Å². The van der Waals surface area contributed by atoms with Crippen LogP contribution in [0.25, 0.3) is 0 Å². The molecule has 21 heavy (non-hydrogen) atoms. The van der Waals surface area contributed by atoms with Crippen LogP contribution in [0, 0.1) is 0 Å². The molecule has 0 bridgehead atoms. The van der Waals surface area contributed by atoms with Crippen LogP contribution in [0.1, 0.15) is 20.8 Å². The molecule has 0 saturated heterocycles. The molecule has 0 aliphatic carbocycles. The zero-order chi connectivity index (χ0) is 16.8. The predicted octanol–water partition coefficient (Wildman–Crippen LogP) is 1.48. The number of nitrogens with zero attached hydrogens (tertiary/aromatic N) is 1. The topological polar surface area (TPSA) is 99.2 Å². The van der Waals surface area contributed by atoms with Gasteiger partial charge in [0.25, 0.3) is 5.79 Å². The van der Waals surface area contributed by atoms with Gasteiger partial charge in [0, 0.05) is 20.8 Å². The van der Waals surface area contributed by atoms with Crippen LogP contribution in [0.3, 0.4) is 0 Å². The summed E-state index contributed by atoms with van der Waals surface area (Å²) < 4.78 is 26.2. The Balaban J connectivity index is 4.98. The Morgan fingerprint density at radius 2 is 1.67 bits per heavy atom. The van der Waals surface area contributed by atoms with E-state index in [1.54, 1.807) is 0 Å². The summed E-state index contributed by atoms with van der Waals surface area (Å²) in [5.74, 6) is -2.79. The number of carbonyl (C=O) groups is 3. The van der Waals surface area contributed by atoms with Crippen molar-refractivity contribution in [2.75, 3.05) is 33.3 Å². The van der Waals surface area contributed by atoms with Gasteiger partial charge in [0.2, 0.25) is 0 Å². The van der Waals surface area contributed by atoms with E-state index in [1.807, 2.05) is 0 Å². The molecule has 0 aliphatic rings. The molecule has 0 radical (unpaired) electrons. The van der Waals surface area contributed by atoms with Crippen LogP contribution in [0.4, 0.5) is 4.79 Å². The number of hydrogen-bond acceptors (Lipinski definition) is 7. The Morgan fingerprint density at radius 1 is 1.14 bits per heavy atom. The quantitative estimate of drug-likeness (QED) is 0.414. The van der Waals surface area contributed by atoms with Crippen LogP contribution in [0.5, 0.6) is 0 Å². The maximum atomic E-state index is 12.1. The fraction of sp³-hybridized carbons (Fsp3) is 0.750. The monoisotopic (exact) mass is 323 g/mol. The minimum absolute atomic E-state index is 0.156. The summed E-state index contributed by atoms with van der Waals surface area (Å²) >= 11 is 0. The smallest absolute Gasteiger partial charge is 0.413 e. The molecular weight excluding hydrogens is 301 g/mol. The predicted molar refractivity (Wildman–Crippen MR) is 75.4 cm³/mol. The number of ether oxygens (including phenoxy) is 3. The van der Waals surface area contributed by atoms with E-state index in [1.165, 1.54) is 41.2 Å². The minimum atomic E-state index is -2.63. The molecule has 0 unspecified atom stereocenters. The van der Waals surface area contributed by atoms with Crippen LogP contribution >= 0.6 is 7.14 Å². The molecule has 0 aromatic carbocycles. The van der Waals surface area contributed by atoms with Gasteiger partial charge in [0.1, 0.15) is 13.7 Å². The molecule has 0 spiro atoms. The van der Waals surface area contributed by atoms with E-state index in [0.29, 0.717) is 0 Å². The van der Waals surface area contributed by atoms with Gasteiger partial charge in [-0.1, -0.05) is 0 Å². The van der Waals surface area contributed by atoms with Crippen molar-refractivity contribution in [3.8, 4) is 0 Å². The largest absolute Gasteiger partial charge is 0.468 e. The van der Waals surface area contributed by atoms with Gasteiger partial charge in [-0.3, -0.25) is 14.5 Å². The fourth-order valence-electron chi connectivity index (χ4n) is 1.45. The van der Waals surface area contributed by atoms with E-state index in [-0.39, 0.29) is 6.29 Å². The van der Waals surface area contributed by atoms with Gasteiger partial charge in [-0.05, 0) is 13.3 Å². The van der Waals surface area contributed by atoms with Gasteiger partial charge in [-0.25, -0.2) is 4.79 Å². The highest BCUT2D eigenvalue weighted by Crippen LogP contribution is 2.36. The lowest BCUT2D eigenvalue weighted by Gasteiger charge is -2.29. The lowest BCUT2D eigenvalue weighted by molar-refractivity contribution is -0.195. The molecule has 9 heteroatoms. The van der Waals surface area contributed by atoms with Gasteiger partial charge in [0.05, 0.1) is 13.4 Å². The van der Waals surface area contributed by atoms with Crippen molar-refractivity contribution in [2.24, 2.45) is 0 Å². The Kier molecular flexibility index (Phi) is 6.90. The number of esters is 2. The molecule has 0 N–H and O–H groups in total.